The summed E-state index contributed by atoms with van der Waals surface area (Å²) in [6.07, 6.45) is 1.64. The number of methoxy groups -OCH3 is 1. The molecule has 3 heteroatoms. The molecule has 0 fully saturated rings. The van der Waals surface area contributed by atoms with Crippen LogP contribution in [0.4, 0.5) is 0 Å². The number of benzene rings is 1. The molecule has 16 heavy (non-hydrogen) atoms. The van der Waals surface area contributed by atoms with Gasteiger partial charge in [0.1, 0.15) is 5.75 Å². The molecule has 0 aliphatic heterocycles. The summed E-state index contributed by atoms with van der Waals surface area (Å²) >= 11 is 0. The van der Waals surface area contributed by atoms with Crippen molar-refractivity contribution in [3.63, 3.8) is 0 Å². The average Bonchev–Trinajstić information content (AvgIpc) is 2.81. The van der Waals surface area contributed by atoms with E-state index in [4.69, 9.17) is 9.26 Å². The first-order valence-electron chi connectivity index (χ1n) is 5.31. The van der Waals surface area contributed by atoms with E-state index in [0.29, 0.717) is 5.92 Å². The van der Waals surface area contributed by atoms with Gasteiger partial charge in [-0.2, -0.15) is 0 Å². The lowest BCUT2D eigenvalue weighted by Gasteiger charge is -2.10. The average molecular weight is 217 g/mol. The molecule has 1 aromatic carbocycles. The molecule has 0 atom stereocenters. The van der Waals surface area contributed by atoms with Crippen molar-refractivity contribution < 1.29 is 9.26 Å². The van der Waals surface area contributed by atoms with Crippen molar-refractivity contribution >= 4 is 0 Å². The van der Waals surface area contributed by atoms with Crippen molar-refractivity contribution in [1.29, 1.82) is 0 Å². The van der Waals surface area contributed by atoms with Gasteiger partial charge < -0.3 is 9.26 Å². The van der Waals surface area contributed by atoms with E-state index in [2.05, 4.69) is 31.1 Å². The van der Waals surface area contributed by atoms with Crippen LogP contribution in [0.5, 0.6) is 5.75 Å². The van der Waals surface area contributed by atoms with E-state index in [1.807, 2.05) is 12.1 Å². The predicted octanol–water partition coefficient (Wildman–Crippen LogP) is 3.47. The fourth-order valence-electron chi connectivity index (χ4n) is 1.63. The molecule has 84 valence electrons. The van der Waals surface area contributed by atoms with Gasteiger partial charge in [-0.15, -0.1) is 0 Å². The van der Waals surface area contributed by atoms with Gasteiger partial charge in [0.2, 0.25) is 0 Å². The second-order valence-corrected chi connectivity index (χ2v) is 3.99. The normalized spacial score (nSPS) is 10.8. The summed E-state index contributed by atoms with van der Waals surface area (Å²) in [5.74, 6) is 2.02. The third kappa shape index (κ3) is 1.94. The summed E-state index contributed by atoms with van der Waals surface area (Å²) in [7, 11) is 1.66. The Kier molecular flexibility index (Phi) is 2.95. The molecule has 0 aliphatic rings. The Bertz CT molecular complexity index is 461. The van der Waals surface area contributed by atoms with E-state index < -0.39 is 0 Å². The molecule has 0 radical (unpaired) electrons. The maximum Gasteiger partial charge on any atom is 0.170 e. The smallest absolute Gasteiger partial charge is 0.170 e. The topological polar surface area (TPSA) is 35.3 Å². The zero-order chi connectivity index (χ0) is 11.5. The molecule has 0 saturated heterocycles. The van der Waals surface area contributed by atoms with E-state index in [-0.39, 0.29) is 0 Å². The fourth-order valence-corrected chi connectivity index (χ4v) is 1.63. The number of aromatic nitrogens is 1. The Morgan fingerprint density at radius 1 is 1.25 bits per heavy atom. The minimum Gasteiger partial charge on any atom is -0.496 e. The van der Waals surface area contributed by atoms with Crippen molar-refractivity contribution in [3.8, 4) is 17.1 Å². The van der Waals surface area contributed by atoms with E-state index in [9.17, 15) is 0 Å². The molecule has 0 unspecified atom stereocenters. The monoisotopic (exact) mass is 217 g/mol. The Morgan fingerprint density at radius 3 is 2.62 bits per heavy atom. The molecule has 1 aromatic heterocycles. The van der Waals surface area contributed by atoms with Gasteiger partial charge >= 0.3 is 0 Å². The van der Waals surface area contributed by atoms with Crippen molar-refractivity contribution in [2.45, 2.75) is 19.8 Å². The molecule has 0 bridgehead atoms. The second-order valence-electron chi connectivity index (χ2n) is 3.99. The van der Waals surface area contributed by atoms with Crippen molar-refractivity contribution in [2.24, 2.45) is 0 Å². The van der Waals surface area contributed by atoms with Gasteiger partial charge in [-0.3, -0.25) is 0 Å². The van der Waals surface area contributed by atoms with E-state index in [1.165, 1.54) is 5.56 Å². The quantitative estimate of drug-likeness (QED) is 0.789. The first-order valence-corrected chi connectivity index (χ1v) is 5.31. The highest BCUT2D eigenvalue weighted by molar-refractivity contribution is 5.66. The fraction of sp³-hybridized carbons (Fsp3) is 0.308. The van der Waals surface area contributed by atoms with Crippen LogP contribution in [0, 0.1) is 0 Å². The third-order valence-electron chi connectivity index (χ3n) is 2.59. The van der Waals surface area contributed by atoms with Gasteiger partial charge in [0.15, 0.2) is 5.76 Å². The Labute approximate surface area is 95.0 Å². The molecule has 0 aliphatic carbocycles. The van der Waals surface area contributed by atoms with E-state index in [0.717, 1.165) is 17.1 Å². The highest BCUT2D eigenvalue weighted by atomic mass is 16.5. The Morgan fingerprint density at radius 2 is 2.06 bits per heavy atom. The molecule has 3 nitrogen and oxygen atoms in total. The van der Waals surface area contributed by atoms with Crippen molar-refractivity contribution in [1.82, 2.24) is 5.16 Å². The molecule has 0 amide bonds. The van der Waals surface area contributed by atoms with Crippen LogP contribution in [-0.2, 0) is 0 Å². The minimum atomic E-state index is 0.479. The minimum absolute atomic E-state index is 0.479. The van der Waals surface area contributed by atoms with Gasteiger partial charge in [0.05, 0.1) is 18.9 Å². The Hall–Kier alpha value is -1.77. The van der Waals surface area contributed by atoms with Gasteiger partial charge in [0, 0.05) is 6.07 Å². The molecule has 1 heterocycles. The lowest BCUT2D eigenvalue weighted by Crippen LogP contribution is -1.92. The summed E-state index contributed by atoms with van der Waals surface area (Å²) in [6.45, 7) is 4.32. The summed E-state index contributed by atoms with van der Waals surface area (Å²) in [5, 5.41) is 3.72. The number of rotatable bonds is 3. The molecule has 0 N–H and O–H groups in total. The highest BCUT2D eigenvalue weighted by Gasteiger charge is 2.11. The van der Waals surface area contributed by atoms with Gasteiger partial charge in [-0.25, -0.2) is 0 Å². The van der Waals surface area contributed by atoms with Gasteiger partial charge in [0.25, 0.3) is 0 Å². The third-order valence-corrected chi connectivity index (χ3v) is 2.59. The Balaban J connectivity index is 2.52. The summed E-state index contributed by atoms with van der Waals surface area (Å²) in [4.78, 5) is 0. The van der Waals surface area contributed by atoms with E-state index in [1.54, 1.807) is 13.3 Å². The number of ether oxygens (including phenoxy) is 1. The standard InChI is InChI=1S/C13H15NO2/c1-9(2)10-4-5-12(15-3)11(8-10)13-6-7-14-16-13/h4-9H,1-3H3. The predicted molar refractivity (Wildman–Crippen MR) is 62.6 cm³/mol. The number of hydrogen-bond donors (Lipinski definition) is 0. The van der Waals surface area contributed by atoms with Crippen LogP contribution >= 0.6 is 0 Å². The van der Waals surface area contributed by atoms with Crippen LogP contribution in [0.3, 0.4) is 0 Å². The van der Waals surface area contributed by atoms with Crippen LogP contribution < -0.4 is 4.74 Å². The first-order chi connectivity index (χ1) is 7.72. The lowest BCUT2D eigenvalue weighted by atomic mass is 9.99. The molecular weight excluding hydrogens is 202 g/mol. The molecule has 2 aromatic rings. The van der Waals surface area contributed by atoms with Gasteiger partial charge in [-0.05, 0) is 23.6 Å². The first kappa shape index (κ1) is 10.7. The summed E-state index contributed by atoms with van der Waals surface area (Å²) in [5.41, 5.74) is 2.21. The van der Waals surface area contributed by atoms with Crippen molar-refractivity contribution in [3.05, 3.63) is 36.0 Å². The maximum atomic E-state index is 5.32. The zero-order valence-electron chi connectivity index (χ0n) is 9.73. The van der Waals surface area contributed by atoms with Crippen LogP contribution in [0.2, 0.25) is 0 Å². The maximum absolute atomic E-state index is 5.32. The van der Waals surface area contributed by atoms with E-state index >= 15 is 0 Å². The number of hydrogen-bond acceptors (Lipinski definition) is 3. The zero-order valence-corrected chi connectivity index (χ0v) is 9.73. The van der Waals surface area contributed by atoms with Crippen molar-refractivity contribution in [2.75, 3.05) is 7.11 Å². The van der Waals surface area contributed by atoms with Crippen LogP contribution in [0.25, 0.3) is 11.3 Å². The molecular formula is C13H15NO2. The SMILES string of the molecule is COc1ccc(C(C)C)cc1-c1ccno1. The van der Waals surface area contributed by atoms with Crippen LogP contribution in [-0.4, -0.2) is 12.3 Å². The molecule has 0 spiro atoms. The van der Waals surface area contributed by atoms with Gasteiger partial charge in [-0.1, -0.05) is 25.1 Å². The summed E-state index contributed by atoms with van der Waals surface area (Å²) in [6, 6.07) is 7.96. The summed E-state index contributed by atoms with van der Waals surface area (Å²) < 4.78 is 10.5. The highest BCUT2D eigenvalue weighted by Crippen LogP contribution is 2.32. The lowest BCUT2D eigenvalue weighted by molar-refractivity contribution is 0.406. The number of nitrogens with zero attached hydrogens (tertiary/aromatic N) is 1. The van der Waals surface area contributed by atoms with Crippen LogP contribution in [0.15, 0.2) is 35.0 Å². The van der Waals surface area contributed by atoms with Crippen LogP contribution in [0.1, 0.15) is 25.3 Å². The molecule has 0 saturated carbocycles. The largest absolute Gasteiger partial charge is 0.496 e. The second kappa shape index (κ2) is 4.39. The molecule has 2 rings (SSSR count).